The summed E-state index contributed by atoms with van der Waals surface area (Å²) in [6.07, 6.45) is 0.0655. The van der Waals surface area contributed by atoms with Crippen molar-refractivity contribution < 1.29 is 14.5 Å². The highest BCUT2D eigenvalue weighted by atomic mass is 16.6. The number of hydrogen-bond acceptors (Lipinski definition) is 4. The van der Waals surface area contributed by atoms with Crippen molar-refractivity contribution >= 4 is 11.7 Å². The largest absolute Gasteiger partial charge is 0.457 e. The molecular weight excluding hydrogens is 234 g/mol. The highest BCUT2D eigenvalue weighted by molar-refractivity contribution is 5.72. The van der Waals surface area contributed by atoms with Crippen molar-refractivity contribution in [2.75, 3.05) is 0 Å². The number of para-hydroxylation sites is 1. The Morgan fingerprint density at radius 1 is 1.39 bits per heavy atom. The Bertz CT molecular complexity index is 444. The Morgan fingerprint density at radius 2 is 2.00 bits per heavy atom. The van der Waals surface area contributed by atoms with Crippen LogP contribution >= 0.6 is 0 Å². The molecule has 0 aromatic heterocycles. The third kappa shape index (κ3) is 3.29. The van der Waals surface area contributed by atoms with E-state index in [-0.39, 0.29) is 17.6 Å². The highest BCUT2D eigenvalue weighted by Gasteiger charge is 2.22. The van der Waals surface area contributed by atoms with Gasteiger partial charge in [-0.25, -0.2) is 0 Å². The van der Waals surface area contributed by atoms with Crippen LogP contribution in [0, 0.1) is 16.0 Å². The minimum Gasteiger partial charge on any atom is -0.457 e. The first-order valence-corrected chi connectivity index (χ1v) is 5.91. The summed E-state index contributed by atoms with van der Waals surface area (Å²) in [4.78, 5) is 22.0. The van der Waals surface area contributed by atoms with Crippen LogP contribution in [0.25, 0.3) is 0 Å². The summed E-state index contributed by atoms with van der Waals surface area (Å²) >= 11 is 0. The van der Waals surface area contributed by atoms with Gasteiger partial charge in [0, 0.05) is 6.07 Å². The third-order valence-corrected chi connectivity index (χ3v) is 2.88. The van der Waals surface area contributed by atoms with Gasteiger partial charge in [0.2, 0.25) is 0 Å². The number of rotatable bonds is 5. The van der Waals surface area contributed by atoms with E-state index in [0.717, 1.165) is 0 Å². The molecule has 0 amide bonds. The Kier molecular flexibility index (Phi) is 4.83. The van der Waals surface area contributed by atoms with Gasteiger partial charge in [-0.3, -0.25) is 14.9 Å². The monoisotopic (exact) mass is 251 g/mol. The first-order valence-electron chi connectivity index (χ1n) is 5.91. The van der Waals surface area contributed by atoms with Crippen LogP contribution in [0.4, 0.5) is 5.69 Å². The van der Waals surface area contributed by atoms with Gasteiger partial charge < -0.3 is 4.74 Å². The zero-order valence-corrected chi connectivity index (χ0v) is 10.8. The van der Waals surface area contributed by atoms with E-state index in [1.807, 2.05) is 6.92 Å². The zero-order valence-electron chi connectivity index (χ0n) is 10.8. The fraction of sp³-hybridized carbons (Fsp3) is 0.462. The maximum absolute atomic E-state index is 11.6. The van der Waals surface area contributed by atoms with Gasteiger partial charge in [-0.15, -0.1) is 0 Å². The van der Waals surface area contributed by atoms with E-state index in [2.05, 4.69) is 0 Å². The summed E-state index contributed by atoms with van der Waals surface area (Å²) in [5, 5.41) is 10.9. The molecule has 0 spiro atoms. The van der Waals surface area contributed by atoms with Crippen LogP contribution in [0.5, 0.6) is 0 Å². The van der Waals surface area contributed by atoms with Crippen molar-refractivity contribution in [1.82, 2.24) is 0 Å². The lowest BCUT2D eigenvalue weighted by atomic mass is 10.1. The smallest absolute Gasteiger partial charge is 0.309 e. The number of carbonyl (C=O) groups is 1. The molecule has 1 aromatic rings. The van der Waals surface area contributed by atoms with Crippen molar-refractivity contribution in [2.24, 2.45) is 5.92 Å². The van der Waals surface area contributed by atoms with Crippen molar-refractivity contribution in [3.8, 4) is 0 Å². The normalized spacial score (nSPS) is 13.7. The predicted molar refractivity (Wildman–Crippen MR) is 67.1 cm³/mol. The van der Waals surface area contributed by atoms with Gasteiger partial charge in [0.05, 0.1) is 16.4 Å². The van der Waals surface area contributed by atoms with Crippen LogP contribution in [0.3, 0.4) is 0 Å². The topological polar surface area (TPSA) is 69.4 Å². The average Bonchev–Trinajstić information content (AvgIpc) is 2.37. The SMILES string of the molecule is CCC(C)C(=O)OC(C)c1ccccc1[N+](=O)[O-]. The quantitative estimate of drug-likeness (QED) is 0.457. The molecule has 2 unspecified atom stereocenters. The van der Waals surface area contributed by atoms with E-state index in [1.54, 1.807) is 32.0 Å². The number of benzene rings is 1. The highest BCUT2D eigenvalue weighted by Crippen LogP contribution is 2.27. The third-order valence-electron chi connectivity index (χ3n) is 2.88. The van der Waals surface area contributed by atoms with Crippen LogP contribution < -0.4 is 0 Å². The second-order valence-electron chi connectivity index (χ2n) is 4.20. The molecule has 0 saturated carbocycles. The Morgan fingerprint density at radius 3 is 2.56 bits per heavy atom. The molecule has 0 aliphatic carbocycles. The van der Waals surface area contributed by atoms with E-state index < -0.39 is 11.0 Å². The molecule has 0 fully saturated rings. The van der Waals surface area contributed by atoms with Gasteiger partial charge in [0.1, 0.15) is 6.10 Å². The first-order chi connectivity index (χ1) is 8.47. The number of carbonyl (C=O) groups excluding carboxylic acids is 1. The maximum Gasteiger partial charge on any atom is 0.309 e. The lowest BCUT2D eigenvalue weighted by molar-refractivity contribution is -0.386. The summed E-state index contributed by atoms with van der Waals surface area (Å²) in [7, 11) is 0. The summed E-state index contributed by atoms with van der Waals surface area (Å²) in [6.45, 7) is 5.30. The second-order valence-corrected chi connectivity index (χ2v) is 4.20. The van der Waals surface area contributed by atoms with Gasteiger partial charge in [-0.05, 0) is 19.4 Å². The van der Waals surface area contributed by atoms with Crippen LogP contribution in [0.15, 0.2) is 24.3 Å². The molecule has 0 heterocycles. The molecule has 0 saturated heterocycles. The number of nitro groups is 1. The summed E-state index contributed by atoms with van der Waals surface area (Å²) in [5.74, 6) is -0.529. The molecular formula is C13H17NO4. The number of nitro benzene ring substituents is 1. The number of hydrogen-bond donors (Lipinski definition) is 0. The molecule has 1 aromatic carbocycles. The molecule has 98 valence electrons. The molecule has 0 aliphatic rings. The van der Waals surface area contributed by atoms with E-state index >= 15 is 0 Å². The maximum atomic E-state index is 11.6. The zero-order chi connectivity index (χ0) is 13.7. The van der Waals surface area contributed by atoms with Gasteiger partial charge in [0.25, 0.3) is 5.69 Å². The van der Waals surface area contributed by atoms with Crippen molar-refractivity contribution in [1.29, 1.82) is 0 Å². The van der Waals surface area contributed by atoms with Crippen LogP contribution in [-0.2, 0) is 9.53 Å². The Labute approximate surface area is 106 Å². The number of ether oxygens (including phenoxy) is 1. The van der Waals surface area contributed by atoms with Crippen LogP contribution in [0.2, 0.25) is 0 Å². The molecule has 5 heteroatoms. The van der Waals surface area contributed by atoms with E-state index in [0.29, 0.717) is 12.0 Å². The van der Waals surface area contributed by atoms with Crippen molar-refractivity contribution in [3.05, 3.63) is 39.9 Å². The molecule has 0 N–H and O–H groups in total. The van der Waals surface area contributed by atoms with Crippen LogP contribution in [0.1, 0.15) is 38.9 Å². The first kappa shape index (κ1) is 14.2. The number of nitrogens with zero attached hydrogens (tertiary/aromatic N) is 1. The van der Waals surface area contributed by atoms with E-state index in [9.17, 15) is 14.9 Å². The fourth-order valence-electron chi connectivity index (χ4n) is 1.52. The predicted octanol–water partition coefficient (Wildman–Crippen LogP) is 3.25. The fourth-order valence-corrected chi connectivity index (χ4v) is 1.52. The minimum atomic E-state index is -0.618. The summed E-state index contributed by atoms with van der Waals surface area (Å²) < 4.78 is 5.24. The second kappa shape index (κ2) is 6.14. The van der Waals surface area contributed by atoms with Gasteiger partial charge >= 0.3 is 5.97 Å². The summed E-state index contributed by atoms with van der Waals surface area (Å²) in [6, 6.07) is 6.29. The minimum absolute atomic E-state index is 0.0260. The molecule has 2 atom stereocenters. The van der Waals surface area contributed by atoms with Crippen molar-refractivity contribution in [3.63, 3.8) is 0 Å². The van der Waals surface area contributed by atoms with Gasteiger partial charge in [0.15, 0.2) is 0 Å². The lowest BCUT2D eigenvalue weighted by Crippen LogP contribution is -2.16. The van der Waals surface area contributed by atoms with Gasteiger partial charge in [-0.1, -0.05) is 26.0 Å². The average molecular weight is 251 g/mol. The van der Waals surface area contributed by atoms with Gasteiger partial charge in [-0.2, -0.15) is 0 Å². The standard InChI is InChI=1S/C13H17NO4/c1-4-9(2)13(15)18-10(3)11-7-5-6-8-12(11)14(16)17/h5-10H,4H2,1-3H3. The lowest BCUT2D eigenvalue weighted by Gasteiger charge is -2.16. The van der Waals surface area contributed by atoms with E-state index in [1.165, 1.54) is 6.07 Å². The number of esters is 1. The Balaban J connectivity index is 2.88. The molecule has 5 nitrogen and oxygen atoms in total. The molecule has 0 radical (unpaired) electrons. The molecule has 1 rings (SSSR count). The van der Waals surface area contributed by atoms with E-state index in [4.69, 9.17) is 4.74 Å². The molecule has 18 heavy (non-hydrogen) atoms. The Hall–Kier alpha value is -1.91. The molecule has 0 bridgehead atoms. The summed E-state index contributed by atoms with van der Waals surface area (Å²) in [5.41, 5.74) is 0.390. The van der Waals surface area contributed by atoms with Crippen molar-refractivity contribution in [2.45, 2.75) is 33.3 Å². The van der Waals surface area contributed by atoms with Crippen LogP contribution in [-0.4, -0.2) is 10.9 Å². The molecule has 0 aliphatic heterocycles.